The van der Waals surface area contributed by atoms with E-state index in [0.717, 1.165) is 6.42 Å². The number of aromatic hydroxyl groups is 1. The number of rotatable bonds is 5. The van der Waals surface area contributed by atoms with Crippen molar-refractivity contribution in [3.63, 3.8) is 0 Å². The number of hydrogen-bond donors (Lipinski definition) is 2. The number of ether oxygens (including phenoxy) is 1. The number of benzene rings is 2. The molecule has 1 amide bonds. The zero-order valence-electron chi connectivity index (χ0n) is 12.2. The lowest BCUT2D eigenvalue weighted by molar-refractivity contribution is 0.0951. The molecule has 0 bridgehead atoms. The van der Waals surface area contributed by atoms with Crippen molar-refractivity contribution in [2.75, 3.05) is 13.7 Å². The maximum absolute atomic E-state index is 12.1. The van der Waals surface area contributed by atoms with E-state index in [4.69, 9.17) is 4.74 Å². The standard InChI is InChI=1S/C17H19NO3/c1-12-4-3-5-13(10-12)8-9-18-17(20)15-11-14(21-2)6-7-16(15)19/h3-7,10-11,19H,8-9H2,1-2H3,(H,18,20). The number of aryl methyl sites for hydroxylation is 1. The third-order valence-electron chi connectivity index (χ3n) is 3.23. The van der Waals surface area contributed by atoms with Crippen LogP contribution in [0.5, 0.6) is 11.5 Å². The van der Waals surface area contributed by atoms with Gasteiger partial charge in [-0.3, -0.25) is 4.79 Å². The predicted molar refractivity (Wildman–Crippen MR) is 81.9 cm³/mol. The Balaban J connectivity index is 1.96. The third-order valence-corrected chi connectivity index (χ3v) is 3.23. The van der Waals surface area contributed by atoms with Crippen molar-refractivity contribution in [1.82, 2.24) is 5.32 Å². The van der Waals surface area contributed by atoms with Crippen molar-refractivity contribution >= 4 is 5.91 Å². The Kier molecular flexibility index (Phi) is 4.82. The van der Waals surface area contributed by atoms with E-state index in [1.165, 1.54) is 30.4 Å². The highest BCUT2D eigenvalue weighted by molar-refractivity contribution is 5.97. The topological polar surface area (TPSA) is 58.6 Å². The summed E-state index contributed by atoms with van der Waals surface area (Å²) in [5.74, 6) is 0.180. The lowest BCUT2D eigenvalue weighted by Crippen LogP contribution is -2.25. The largest absolute Gasteiger partial charge is 0.507 e. The van der Waals surface area contributed by atoms with Crippen molar-refractivity contribution in [3.8, 4) is 11.5 Å². The Hall–Kier alpha value is -2.49. The fraction of sp³-hybridized carbons (Fsp3) is 0.235. The Morgan fingerprint density at radius 3 is 2.76 bits per heavy atom. The van der Waals surface area contributed by atoms with Gasteiger partial charge in [-0.05, 0) is 37.1 Å². The molecule has 4 heteroatoms. The van der Waals surface area contributed by atoms with Crippen molar-refractivity contribution in [2.24, 2.45) is 0 Å². The van der Waals surface area contributed by atoms with Gasteiger partial charge in [-0.1, -0.05) is 29.8 Å². The Morgan fingerprint density at radius 2 is 2.05 bits per heavy atom. The molecule has 21 heavy (non-hydrogen) atoms. The van der Waals surface area contributed by atoms with Gasteiger partial charge in [0.05, 0.1) is 12.7 Å². The highest BCUT2D eigenvalue weighted by Gasteiger charge is 2.11. The van der Waals surface area contributed by atoms with Crippen LogP contribution in [-0.4, -0.2) is 24.7 Å². The molecule has 0 radical (unpaired) electrons. The summed E-state index contributed by atoms with van der Waals surface area (Å²) < 4.78 is 5.06. The highest BCUT2D eigenvalue weighted by atomic mass is 16.5. The Morgan fingerprint density at radius 1 is 1.24 bits per heavy atom. The highest BCUT2D eigenvalue weighted by Crippen LogP contribution is 2.22. The number of hydrogen-bond acceptors (Lipinski definition) is 3. The summed E-state index contributed by atoms with van der Waals surface area (Å²) in [5.41, 5.74) is 2.59. The fourth-order valence-corrected chi connectivity index (χ4v) is 2.11. The van der Waals surface area contributed by atoms with Crippen molar-refractivity contribution in [1.29, 1.82) is 0 Å². The Labute approximate surface area is 124 Å². The smallest absolute Gasteiger partial charge is 0.255 e. The van der Waals surface area contributed by atoms with Crippen LogP contribution in [0.1, 0.15) is 21.5 Å². The number of phenolic OH excluding ortho intramolecular Hbond substituents is 1. The molecule has 0 aliphatic carbocycles. The van der Waals surface area contributed by atoms with E-state index in [1.807, 2.05) is 25.1 Å². The summed E-state index contributed by atoms with van der Waals surface area (Å²) in [5, 5.41) is 12.5. The second kappa shape index (κ2) is 6.79. The molecule has 4 nitrogen and oxygen atoms in total. The van der Waals surface area contributed by atoms with Gasteiger partial charge in [-0.25, -0.2) is 0 Å². The van der Waals surface area contributed by atoms with E-state index in [2.05, 4.69) is 11.4 Å². The zero-order chi connectivity index (χ0) is 15.2. The van der Waals surface area contributed by atoms with E-state index in [-0.39, 0.29) is 17.2 Å². The second-order valence-corrected chi connectivity index (χ2v) is 4.88. The van der Waals surface area contributed by atoms with Gasteiger partial charge >= 0.3 is 0 Å². The van der Waals surface area contributed by atoms with Crippen LogP contribution in [0.3, 0.4) is 0 Å². The van der Waals surface area contributed by atoms with Gasteiger partial charge in [-0.2, -0.15) is 0 Å². The molecule has 2 N–H and O–H groups in total. The molecule has 0 heterocycles. The predicted octanol–water partition coefficient (Wildman–Crippen LogP) is 2.68. The lowest BCUT2D eigenvalue weighted by atomic mass is 10.1. The molecule has 0 aromatic heterocycles. The molecule has 0 saturated carbocycles. The van der Waals surface area contributed by atoms with Crippen LogP contribution < -0.4 is 10.1 Å². The molecular weight excluding hydrogens is 266 g/mol. The fourth-order valence-electron chi connectivity index (χ4n) is 2.11. The van der Waals surface area contributed by atoms with Gasteiger partial charge in [-0.15, -0.1) is 0 Å². The van der Waals surface area contributed by atoms with Gasteiger partial charge in [0.25, 0.3) is 5.91 Å². The molecule has 0 aliphatic heterocycles. The van der Waals surface area contributed by atoms with Crippen molar-refractivity contribution in [3.05, 3.63) is 59.2 Å². The van der Waals surface area contributed by atoms with Crippen LogP contribution in [0.25, 0.3) is 0 Å². The van der Waals surface area contributed by atoms with E-state index in [0.29, 0.717) is 12.3 Å². The number of carbonyl (C=O) groups excluding carboxylic acids is 1. The van der Waals surface area contributed by atoms with Gasteiger partial charge in [0.2, 0.25) is 0 Å². The molecule has 110 valence electrons. The molecule has 2 aromatic rings. The molecule has 0 unspecified atom stereocenters. The van der Waals surface area contributed by atoms with Crippen molar-refractivity contribution in [2.45, 2.75) is 13.3 Å². The summed E-state index contributed by atoms with van der Waals surface area (Å²) in [6.45, 7) is 2.55. The Bertz CT molecular complexity index is 638. The quantitative estimate of drug-likeness (QED) is 0.888. The maximum Gasteiger partial charge on any atom is 0.255 e. The van der Waals surface area contributed by atoms with Gasteiger partial charge in [0.15, 0.2) is 0 Å². The average Bonchev–Trinajstić information content (AvgIpc) is 2.47. The summed E-state index contributed by atoms with van der Waals surface area (Å²) in [6.07, 6.45) is 0.748. The molecule has 0 fully saturated rings. The van der Waals surface area contributed by atoms with Crippen LogP contribution >= 0.6 is 0 Å². The molecule has 0 atom stereocenters. The van der Waals surface area contributed by atoms with Crippen LogP contribution in [0.4, 0.5) is 0 Å². The summed E-state index contributed by atoms with van der Waals surface area (Å²) in [4.78, 5) is 12.1. The van der Waals surface area contributed by atoms with Crippen LogP contribution in [0.15, 0.2) is 42.5 Å². The van der Waals surface area contributed by atoms with Crippen LogP contribution in [0.2, 0.25) is 0 Å². The lowest BCUT2D eigenvalue weighted by Gasteiger charge is -2.09. The molecule has 0 aliphatic rings. The van der Waals surface area contributed by atoms with Crippen molar-refractivity contribution < 1.29 is 14.6 Å². The summed E-state index contributed by atoms with van der Waals surface area (Å²) in [7, 11) is 1.52. The SMILES string of the molecule is COc1ccc(O)c(C(=O)NCCc2cccc(C)c2)c1. The first-order chi connectivity index (χ1) is 10.1. The third kappa shape index (κ3) is 3.99. The first-order valence-electron chi connectivity index (χ1n) is 6.81. The second-order valence-electron chi connectivity index (χ2n) is 4.88. The molecule has 0 spiro atoms. The minimum absolute atomic E-state index is 0.0520. The minimum atomic E-state index is -0.306. The van der Waals surface area contributed by atoms with Gasteiger partial charge < -0.3 is 15.2 Å². The van der Waals surface area contributed by atoms with E-state index < -0.39 is 0 Å². The van der Waals surface area contributed by atoms with E-state index in [1.54, 1.807) is 6.07 Å². The van der Waals surface area contributed by atoms with Crippen LogP contribution in [-0.2, 0) is 6.42 Å². The number of methoxy groups -OCH3 is 1. The summed E-state index contributed by atoms with van der Waals surface area (Å²) in [6, 6.07) is 12.7. The molecule has 2 rings (SSSR count). The number of phenols is 1. The first-order valence-corrected chi connectivity index (χ1v) is 6.81. The molecular formula is C17H19NO3. The molecule has 2 aromatic carbocycles. The minimum Gasteiger partial charge on any atom is -0.507 e. The normalized spacial score (nSPS) is 10.2. The average molecular weight is 285 g/mol. The van der Waals surface area contributed by atoms with Gasteiger partial charge in [0, 0.05) is 6.54 Å². The first kappa shape index (κ1) is 14.9. The number of nitrogens with one attached hydrogen (secondary N) is 1. The van der Waals surface area contributed by atoms with Crippen LogP contribution in [0, 0.1) is 6.92 Å². The number of carbonyl (C=O) groups is 1. The van der Waals surface area contributed by atoms with E-state index in [9.17, 15) is 9.90 Å². The number of amides is 1. The zero-order valence-corrected chi connectivity index (χ0v) is 12.2. The monoisotopic (exact) mass is 285 g/mol. The maximum atomic E-state index is 12.1. The van der Waals surface area contributed by atoms with Gasteiger partial charge in [0.1, 0.15) is 11.5 Å². The van der Waals surface area contributed by atoms with E-state index >= 15 is 0 Å². The molecule has 0 saturated heterocycles. The summed E-state index contributed by atoms with van der Waals surface area (Å²) >= 11 is 0.